The predicted molar refractivity (Wildman–Crippen MR) is 55.1 cm³/mol. The van der Waals surface area contributed by atoms with E-state index < -0.39 is 0 Å². The maximum atomic E-state index is 7.96. The van der Waals surface area contributed by atoms with Crippen LogP contribution in [0.4, 0.5) is 0 Å². The average molecular weight is 176 g/mol. The molecule has 1 unspecified atom stereocenters. The van der Waals surface area contributed by atoms with Gasteiger partial charge in [-0.15, -0.1) is 0 Å². The van der Waals surface area contributed by atoms with Crippen molar-refractivity contribution in [3.8, 4) is 6.07 Å². The quantitative estimate of drug-likeness (QED) is 0.713. The van der Waals surface area contributed by atoms with Gasteiger partial charge in [-0.1, -0.05) is 42.8 Å². The number of nitrogens with two attached hydrogens (primary N) is 1. The van der Waals surface area contributed by atoms with Gasteiger partial charge in [0.1, 0.15) is 0 Å². The van der Waals surface area contributed by atoms with E-state index in [1.807, 2.05) is 31.2 Å². The van der Waals surface area contributed by atoms with Crippen molar-refractivity contribution < 1.29 is 0 Å². The Morgan fingerprint density at radius 1 is 1.38 bits per heavy atom. The minimum Gasteiger partial charge on any atom is -0.316 e. The van der Waals surface area contributed by atoms with Gasteiger partial charge < -0.3 is 5.73 Å². The van der Waals surface area contributed by atoms with Gasteiger partial charge in [0, 0.05) is 0 Å². The second-order valence-electron chi connectivity index (χ2n) is 2.80. The first-order chi connectivity index (χ1) is 6.20. The van der Waals surface area contributed by atoms with Crippen molar-refractivity contribution >= 4 is 0 Å². The smallest absolute Gasteiger partial charge is 0.0925 e. The normalized spacial score (nSPS) is 10.6. The fourth-order valence-electron chi connectivity index (χ4n) is 0.626. The molecule has 1 aromatic rings. The second kappa shape index (κ2) is 7.33. The summed E-state index contributed by atoms with van der Waals surface area (Å²) >= 11 is 0. The monoisotopic (exact) mass is 176 g/mol. The molecule has 1 rings (SSSR count). The van der Waals surface area contributed by atoms with Crippen LogP contribution in [-0.2, 0) is 0 Å². The van der Waals surface area contributed by atoms with Crippen LogP contribution in [-0.4, -0.2) is 6.04 Å². The van der Waals surface area contributed by atoms with Gasteiger partial charge in [-0.3, -0.25) is 0 Å². The molecule has 70 valence electrons. The molecule has 0 aliphatic heterocycles. The molecular formula is C11H16N2. The molecule has 13 heavy (non-hydrogen) atoms. The zero-order valence-corrected chi connectivity index (χ0v) is 8.20. The van der Waals surface area contributed by atoms with Gasteiger partial charge in [0.15, 0.2) is 0 Å². The minimum atomic E-state index is -0.259. The topological polar surface area (TPSA) is 49.8 Å². The summed E-state index contributed by atoms with van der Waals surface area (Å²) in [5, 5.41) is 7.96. The molecule has 0 fully saturated rings. The van der Waals surface area contributed by atoms with Crippen LogP contribution >= 0.6 is 0 Å². The number of hydrogen-bond acceptors (Lipinski definition) is 2. The van der Waals surface area contributed by atoms with Crippen molar-refractivity contribution in [3.63, 3.8) is 0 Å². The predicted octanol–water partition coefficient (Wildman–Crippen LogP) is 2.24. The Hall–Kier alpha value is -1.33. The molecule has 1 atom stereocenters. The molecule has 2 nitrogen and oxygen atoms in total. The third-order valence-corrected chi connectivity index (χ3v) is 1.55. The van der Waals surface area contributed by atoms with E-state index in [0.717, 1.165) is 6.42 Å². The standard InChI is InChI=1S/C7H8.C4H8N2/c1-7-5-3-2-4-6-7;1-2-4(6)3-5/h2-6H,1H3;4H,2,6H2,1H3. The average Bonchev–Trinajstić information content (AvgIpc) is 2.19. The lowest BCUT2D eigenvalue weighted by Gasteiger charge is -1.88. The molecule has 0 amide bonds. The van der Waals surface area contributed by atoms with Crippen LogP contribution in [0.3, 0.4) is 0 Å². The van der Waals surface area contributed by atoms with Crippen LogP contribution in [0.2, 0.25) is 0 Å². The van der Waals surface area contributed by atoms with Crippen LogP contribution in [0.5, 0.6) is 0 Å². The maximum absolute atomic E-state index is 7.96. The van der Waals surface area contributed by atoms with E-state index in [-0.39, 0.29) is 6.04 Å². The molecule has 0 saturated heterocycles. The van der Waals surface area contributed by atoms with Crippen molar-refractivity contribution in [2.75, 3.05) is 0 Å². The van der Waals surface area contributed by atoms with E-state index in [1.165, 1.54) is 5.56 Å². The Balaban J connectivity index is 0.000000226. The van der Waals surface area contributed by atoms with Gasteiger partial charge in [0.05, 0.1) is 12.1 Å². The number of rotatable bonds is 1. The van der Waals surface area contributed by atoms with Crippen LogP contribution in [0.15, 0.2) is 30.3 Å². The van der Waals surface area contributed by atoms with Crippen molar-refractivity contribution in [3.05, 3.63) is 35.9 Å². The van der Waals surface area contributed by atoms with Crippen molar-refractivity contribution in [1.82, 2.24) is 0 Å². The molecule has 0 bridgehead atoms. The summed E-state index contributed by atoms with van der Waals surface area (Å²) < 4.78 is 0. The minimum absolute atomic E-state index is 0.259. The molecule has 0 aliphatic rings. The van der Waals surface area contributed by atoms with Crippen LogP contribution in [0.1, 0.15) is 18.9 Å². The Kier molecular flexibility index (Phi) is 6.58. The maximum Gasteiger partial charge on any atom is 0.0925 e. The van der Waals surface area contributed by atoms with Crippen LogP contribution in [0, 0.1) is 18.3 Å². The van der Waals surface area contributed by atoms with Gasteiger partial charge in [0.2, 0.25) is 0 Å². The first-order valence-electron chi connectivity index (χ1n) is 4.37. The SMILES string of the molecule is CCC(N)C#N.Cc1ccccc1. The Labute approximate surface area is 80.0 Å². The van der Waals surface area contributed by atoms with Crippen molar-refractivity contribution in [2.45, 2.75) is 26.3 Å². The summed E-state index contributed by atoms with van der Waals surface area (Å²) in [6.07, 6.45) is 0.747. The van der Waals surface area contributed by atoms with E-state index in [9.17, 15) is 0 Å². The van der Waals surface area contributed by atoms with Crippen LogP contribution in [0.25, 0.3) is 0 Å². The van der Waals surface area contributed by atoms with Gasteiger partial charge in [0.25, 0.3) is 0 Å². The molecular weight excluding hydrogens is 160 g/mol. The van der Waals surface area contributed by atoms with E-state index in [2.05, 4.69) is 19.1 Å². The summed E-state index contributed by atoms with van der Waals surface area (Å²) in [5.74, 6) is 0. The number of nitriles is 1. The highest BCUT2D eigenvalue weighted by atomic mass is 14.6. The lowest BCUT2D eigenvalue weighted by molar-refractivity contribution is 0.795. The van der Waals surface area contributed by atoms with Gasteiger partial charge in [-0.05, 0) is 13.3 Å². The van der Waals surface area contributed by atoms with E-state index in [4.69, 9.17) is 11.0 Å². The largest absolute Gasteiger partial charge is 0.316 e. The van der Waals surface area contributed by atoms with Crippen LogP contribution < -0.4 is 5.73 Å². The second-order valence-corrected chi connectivity index (χ2v) is 2.80. The summed E-state index contributed by atoms with van der Waals surface area (Å²) in [5.41, 5.74) is 6.43. The zero-order chi connectivity index (χ0) is 10.1. The molecule has 0 saturated carbocycles. The molecule has 0 spiro atoms. The number of nitrogens with zero attached hydrogens (tertiary/aromatic N) is 1. The highest BCUT2D eigenvalue weighted by molar-refractivity contribution is 5.11. The number of hydrogen-bond donors (Lipinski definition) is 1. The first kappa shape index (κ1) is 11.7. The van der Waals surface area contributed by atoms with E-state index in [0.29, 0.717) is 0 Å². The summed E-state index contributed by atoms with van der Waals surface area (Å²) in [6, 6.07) is 11.9. The highest BCUT2D eigenvalue weighted by Gasteiger charge is 1.88. The first-order valence-corrected chi connectivity index (χ1v) is 4.37. The lowest BCUT2D eigenvalue weighted by atomic mass is 10.2. The van der Waals surface area contributed by atoms with E-state index in [1.54, 1.807) is 0 Å². The summed E-state index contributed by atoms with van der Waals surface area (Å²) in [4.78, 5) is 0. The Morgan fingerprint density at radius 2 is 1.92 bits per heavy atom. The van der Waals surface area contributed by atoms with E-state index >= 15 is 0 Å². The third kappa shape index (κ3) is 7.04. The highest BCUT2D eigenvalue weighted by Crippen LogP contribution is 1.92. The van der Waals surface area contributed by atoms with Gasteiger partial charge in [-0.25, -0.2) is 0 Å². The molecule has 1 aromatic carbocycles. The molecule has 0 heterocycles. The molecule has 0 aromatic heterocycles. The van der Waals surface area contributed by atoms with Crippen molar-refractivity contribution in [2.24, 2.45) is 5.73 Å². The van der Waals surface area contributed by atoms with Gasteiger partial charge in [-0.2, -0.15) is 5.26 Å². The Morgan fingerprint density at radius 3 is 2.08 bits per heavy atom. The lowest BCUT2D eigenvalue weighted by Crippen LogP contribution is -2.14. The molecule has 0 radical (unpaired) electrons. The number of benzene rings is 1. The summed E-state index contributed by atoms with van der Waals surface area (Å²) in [6.45, 7) is 3.97. The number of aryl methyl sites for hydroxylation is 1. The molecule has 2 N–H and O–H groups in total. The van der Waals surface area contributed by atoms with Crippen molar-refractivity contribution in [1.29, 1.82) is 5.26 Å². The fourth-order valence-corrected chi connectivity index (χ4v) is 0.626. The summed E-state index contributed by atoms with van der Waals surface area (Å²) in [7, 11) is 0. The zero-order valence-electron chi connectivity index (χ0n) is 8.20. The fraction of sp³-hybridized carbons (Fsp3) is 0.364. The Bertz CT molecular complexity index is 249. The molecule has 2 heteroatoms. The molecule has 0 aliphatic carbocycles. The third-order valence-electron chi connectivity index (χ3n) is 1.55. The van der Waals surface area contributed by atoms with Gasteiger partial charge >= 0.3 is 0 Å².